The lowest BCUT2D eigenvalue weighted by Gasteiger charge is -1.92. The van der Waals surface area contributed by atoms with Crippen LogP contribution < -0.4 is 0 Å². The van der Waals surface area contributed by atoms with Crippen molar-refractivity contribution in [3.63, 3.8) is 0 Å². The average Bonchev–Trinajstić information content (AvgIpc) is 2.30. The molecule has 0 aliphatic rings. The van der Waals surface area contributed by atoms with Gasteiger partial charge in [0.1, 0.15) is 4.88 Å². The van der Waals surface area contributed by atoms with E-state index in [1.165, 1.54) is 12.5 Å². The number of carbonyl (C=O) groups is 1. The van der Waals surface area contributed by atoms with Gasteiger partial charge in [0.2, 0.25) is 0 Å². The fourth-order valence-electron chi connectivity index (χ4n) is 0.669. The number of nitrogens with zero attached hydrogens (tertiary/aromatic N) is 3. The summed E-state index contributed by atoms with van der Waals surface area (Å²) in [6, 6.07) is 0. The average molecular weight is 219 g/mol. The van der Waals surface area contributed by atoms with Gasteiger partial charge in [0.25, 0.3) is 5.91 Å². The van der Waals surface area contributed by atoms with Crippen molar-refractivity contribution in [2.75, 3.05) is 12.5 Å². The van der Waals surface area contributed by atoms with Crippen molar-refractivity contribution in [3.8, 4) is 0 Å². The quantitative estimate of drug-likeness (QED) is 0.697. The minimum absolute atomic E-state index is 0.358. The summed E-state index contributed by atoms with van der Waals surface area (Å²) in [4.78, 5) is 11.7. The number of aryl methyl sites for hydroxylation is 1. The zero-order valence-corrected chi connectivity index (χ0v) is 9.11. The Morgan fingerprint density at radius 2 is 2.15 bits per heavy atom. The van der Waals surface area contributed by atoms with Crippen LogP contribution >= 0.6 is 11.5 Å². The van der Waals surface area contributed by atoms with Crippen LogP contribution in [0, 0.1) is 6.92 Å². The molecule has 0 spiro atoms. The fourth-order valence-corrected chi connectivity index (χ4v) is 1.76. The summed E-state index contributed by atoms with van der Waals surface area (Å²) in [6.07, 6.45) is 2.82. The number of aromatic nitrogens is 2. The summed E-state index contributed by atoms with van der Waals surface area (Å²) < 4.78 is 18.3. The molecule has 0 bridgehead atoms. The topological polar surface area (TPSA) is 72.3 Å². The fraction of sp³-hybridized carbons (Fsp3) is 0.500. The molecule has 7 heteroatoms. The van der Waals surface area contributed by atoms with Crippen LogP contribution in [-0.4, -0.2) is 32.2 Å². The Morgan fingerprint density at radius 3 is 2.54 bits per heavy atom. The molecule has 0 N–H and O–H groups in total. The van der Waals surface area contributed by atoms with Crippen molar-refractivity contribution in [1.82, 2.24) is 9.59 Å². The lowest BCUT2D eigenvalue weighted by atomic mass is 10.4. The molecule has 0 saturated carbocycles. The Morgan fingerprint density at radius 1 is 1.54 bits per heavy atom. The molecule has 0 atom stereocenters. The normalized spacial score (nSPS) is 11.3. The van der Waals surface area contributed by atoms with Gasteiger partial charge < -0.3 is 0 Å². The highest BCUT2D eigenvalue weighted by Gasteiger charge is 2.12. The number of rotatable bonds is 1. The molecule has 0 unspecified atom stereocenters. The molecular weight excluding hydrogens is 210 g/mol. The van der Waals surface area contributed by atoms with Crippen molar-refractivity contribution >= 4 is 27.2 Å². The molecule has 1 aromatic heterocycles. The molecule has 1 rings (SSSR count). The standard InChI is InChI=1S/C6H9N3O2S2/c1-4-5(12-9-7-4)6(10)8-13(2,3)11/h1-3H3. The van der Waals surface area contributed by atoms with Crippen LogP contribution in [0.3, 0.4) is 0 Å². The summed E-state index contributed by atoms with van der Waals surface area (Å²) in [5.74, 6) is -0.498. The van der Waals surface area contributed by atoms with Crippen LogP contribution in [0.25, 0.3) is 0 Å². The van der Waals surface area contributed by atoms with E-state index in [0.29, 0.717) is 10.6 Å². The van der Waals surface area contributed by atoms with Gasteiger partial charge in [-0.05, 0) is 18.5 Å². The van der Waals surface area contributed by atoms with Crippen LogP contribution in [0.1, 0.15) is 15.4 Å². The second kappa shape index (κ2) is 3.51. The predicted octanol–water partition coefficient (Wildman–Crippen LogP) is 0.714. The summed E-state index contributed by atoms with van der Waals surface area (Å²) >= 11 is 0.968. The Labute approximate surface area is 80.5 Å². The first kappa shape index (κ1) is 10.3. The first-order valence-corrected chi connectivity index (χ1v) is 6.51. The first-order chi connectivity index (χ1) is 5.90. The number of hydrogen-bond donors (Lipinski definition) is 0. The maximum Gasteiger partial charge on any atom is 0.298 e. The molecule has 0 saturated heterocycles. The van der Waals surface area contributed by atoms with Crippen LogP contribution in [-0.2, 0) is 9.73 Å². The van der Waals surface area contributed by atoms with E-state index in [1.54, 1.807) is 6.92 Å². The van der Waals surface area contributed by atoms with Gasteiger partial charge in [0.15, 0.2) is 0 Å². The lowest BCUT2D eigenvalue weighted by molar-refractivity contribution is 0.101. The lowest BCUT2D eigenvalue weighted by Crippen LogP contribution is -2.00. The summed E-state index contributed by atoms with van der Waals surface area (Å²) in [5.41, 5.74) is 0.530. The molecule has 1 heterocycles. The van der Waals surface area contributed by atoms with Gasteiger partial charge in [0.05, 0.1) is 5.69 Å². The molecule has 1 amide bonds. The van der Waals surface area contributed by atoms with E-state index >= 15 is 0 Å². The smallest absolute Gasteiger partial charge is 0.265 e. The first-order valence-electron chi connectivity index (χ1n) is 3.40. The van der Waals surface area contributed by atoms with E-state index in [-0.39, 0.29) is 0 Å². The van der Waals surface area contributed by atoms with Gasteiger partial charge in [-0.3, -0.25) is 4.79 Å². The van der Waals surface area contributed by atoms with E-state index in [1.807, 2.05) is 0 Å². The third-order valence-corrected chi connectivity index (χ3v) is 2.57. The summed E-state index contributed by atoms with van der Waals surface area (Å²) in [6.45, 7) is 1.67. The summed E-state index contributed by atoms with van der Waals surface area (Å²) in [7, 11) is -2.39. The van der Waals surface area contributed by atoms with Crippen LogP contribution in [0.5, 0.6) is 0 Å². The Balaban J connectivity index is 3.08. The largest absolute Gasteiger partial charge is 0.298 e. The van der Waals surface area contributed by atoms with Crippen molar-refractivity contribution in [3.05, 3.63) is 10.6 Å². The van der Waals surface area contributed by atoms with Gasteiger partial charge in [-0.25, -0.2) is 4.21 Å². The molecule has 0 radical (unpaired) electrons. The Hall–Kier alpha value is -0.820. The third-order valence-electron chi connectivity index (χ3n) is 1.15. The second-order valence-corrected chi connectivity index (χ2v) is 6.06. The number of hydrogen-bond acceptors (Lipinski definition) is 5. The van der Waals surface area contributed by atoms with Crippen molar-refractivity contribution in [2.24, 2.45) is 4.36 Å². The van der Waals surface area contributed by atoms with Crippen LogP contribution in [0.15, 0.2) is 4.36 Å². The number of amides is 1. The zero-order chi connectivity index (χ0) is 10.1. The highest BCUT2D eigenvalue weighted by molar-refractivity contribution is 7.92. The predicted molar refractivity (Wildman–Crippen MR) is 51.4 cm³/mol. The molecular formula is C6H9N3O2S2. The Bertz CT molecular complexity index is 434. The molecule has 1 aromatic rings. The molecule has 0 aliphatic carbocycles. The summed E-state index contributed by atoms with van der Waals surface area (Å²) in [5, 5.41) is 3.66. The van der Waals surface area contributed by atoms with E-state index in [9.17, 15) is 9.00 Å². The molecule has 5 nitrogen and oxygen atoms in total. The van der Waals surface area contributed by atoms with E-state index in [4.69, 9.17) is 0 Å². The SMILES string of the molecule is Cc1nnsc1C(=O)N=S(C)(C)=O. The zero-order valence-electron chi connectivity index (χ0n) is 7.47. The van der Waals surface area contributed by atoms with Gasteiger partial charge in [-0.2, -0.15) is 4.36 Å². The monoisotopic (exact) mass is 219 g/mol. The maximum atomic E-state index is 11.3. The Kier molecular flexibility index (Phi) is 2.77. The minimum atomic E-state index is -2.39. The van der Waals surface area contributed by atoms with E-state index in [2.05, 4.69) is 13.9 Å². The van der Waals surface area contributed by atoms with Crippen molar-refractivity contribution in [2.45, 2.75) is 6.92 Å². The molecule has 13 heavy (non-hydrogen) atoms. The maximum absolute atomic E-state index is 11.3. The van der Waals surface area contributed by atoms with Crippen LogP contribution in [0.2, 0.25) is 0 Å². The van der Waals surface area contributed by atoms with Gasteiger partial charge in [-0.1, -0.05) is 4.49 Å². The van der Waals surface area contributed by atoms with E-state index < -0.39 is 15.6 Å². The second-order valence-electron chi connectivity index (χ2n) is 2.77. The number of carbonyl (C=O) groups excluding carboxylic acids is 1. The molecule has 72 valence electrons. The van der Waals surface area contributed by atoms with Gasteiger partial charge >= 0.3 is 0 Å². The molecule has 0 aromatic carbocycles. The highest BCUT2D eigenvalue weighted by atomic mass is 32.2. The van der Waals surface area contributed by atoms with Gasteiger partial charge in [0, 0.05) is 22.2 Å². The van der Waals surface area contributed by atoms with Gasteiger partial charge in [-0.15, -0.1) is 5.10 Å². The molecule has 0 fully saturated rings. The minimum Gasteiger partial charge on any atom is -0.265 e. The molecule has 0 aliphatic heterocycles. The highest BCUT2D eigenvalue weighted by Crippen LogP contribution is 2.11. The third kappa shape index (κ3) is 2.85. The van der Waals surface area contributed by atoms with Crippen LogP contribution in [0.4, 0.5) is 0 Å². The van der Waals surface area contributed by atoms with Crippen molar-refractivity contribution in [1.29, 1.82) is 0 Å². The van der Waals surface area contributed by atoms with Crippen molar-refractivity contribution < 1.29 is 9.00 Å². The van der Waals surface area contributed by atoms with E-state index in [0.717, 1.165) is 11.5 Å².